The Kier molecular flexibility index (Phi) is 5.38. The second-order valence-electron chi connectivity index (χ2n) is 5.56. The number of amides is 1. The van der Waals surface area contributed by atoms with E-state index in [1.54, 1.807) is 0 Å². The van der Waals surface area contributed by atoms with Crippen LogP contribution in [0.1, 0.15) is 19.4 Å². The topological polar surface area (TPSA) is 41.1 Å². The highest BCUT2D eigenvalue weighted by Gasteiger charge is 2.04. The fourth-order valence-electron chi connectivity index (χ4n) is 1.97. The molecule has 0 spiro atoms. The van der Waals surface area contributed by atoms with E-state index >= 15 is 0 Å². The summed E-state index contributed by atoms with van der Waals surface area (Å²) in [5, 5.41) is 6.25. The van der Waals surface area contributed by atoms with Gasteiger partial charge in [0.05, 0.1) is 6.42 Å². The number of para-hydroxylation sites is 1. The maximum atomic E-state index is 12.0. The first-order valence-corrected chi connectivity index (χ1v) is 7.31. The van der Waals surface area contributed by atoms with E-state index in [2.05, 4.69) is 24.5 Å². The zero-order valence-corrected chi connectivity index (χ0v) is 12.6. The van der Waals surface area contributed by atoms with Crippen LogP contribution in [0.5, 0.6) is 0 Å². The van der Waals surface area contributed by atoms with Crippen molar-refractivity contribution in [2.24, 2.45) is 5.92 Å². The van der Waals surface area contributed by atoms with Crippen molar-refractivity contribution in [1.29, 1.82) is 0 Å². The van der Waals surface area contributed by atoms with Gasteiger partial charge in [-0.2, -0.15) is 0 Å². The van der Waals surface area contributed by atoms with Crippen molar-refractivity contribution in [3.63, 3.8) is 0 Å². The van der Waals surface area contributed by atoms with Crippen LogP contribution in [-0.2, 0) is 11.2 Å². The molecule has 0 atom stereocenters. The van der Waals surface area contributed by atoms with E-state index < -0.39 is 0 Å². The third-order valence-corrected chi connectivity index (χ3v) is 3.09. The molecule has 0 heterocycles. The molecule has 0 aliphatic carbocycles. The monoisotopic (exact) mass is 282 g/mol. The zero-order chi connectivity index (χ0) is 15.1. The summed E-state index contributed by atoms with van der Waals surface area (Å²) in [6.07, 6.45) is 0.388. The van der Waals surface area contributed by atoms with Gasteiger partial charge in [0.2, 0.25) is 5.91 Å². The van der Waals surface area contributed by atoms with E-state index in [0.717, 1.165) is 23.5 Å². The van der Waals surface area contributed by atoms with Gasteiger partial charge in [-0.3, -0.25) is 4.79 Å². The molecule has 2 aromatic carbocycles. The Morgan fingerprint density at radius 2 is 1.62 bits per heavy atom. The third-order valence-electron chi connectivity index (χ3n) is 3.09. The first kappa shape index (κ1) is 15.1. The molecule has 110 valence electrons. The van der Waals surface area contributed by atoms with Crippen LogP contribution in [0.4, 0.5) is 11.4 Å². The zero-order valence-electron chi connectivity index (χ0n) is 12.6. The molecule has 21 heavy (non-hydrogen) atoms. The van der Waals surface area contributed by atoms with Crippen molar-refractivity contribution < 1.29 is 4.79 Å². The molecular formula is C18H22N2O. The third kappa shape index (κ3) is 5.30. The molecule has 2 aromatic rings. The molecule has 2 rings (SSSR count). The summed E-state index contributed by atoms with van der Waals surface area (Å²) in [5.41, 5.74) is 2.94. The summed E-state index contributed by atoms with van der Waals surface area (Å²) in [4.78, 5) is 12.0. The molecule has 3 heteroatoms. The maximum absolute atomic E-state index is 12.0. The van der Waals surface area contributed by atoms with E-state index in [9.17, 15) is 4.79 Å². The summed E-state index contributed by atoms with van der Waals surface area (Å²) < 4.78 is 0. The van der Waals surface area contributed by atoms with Gasteiger partial charge in [-0.1, -0.05) is 44.2 Å². The Labute approximate surface area is 126 Å². The van der Waals surface area contributed by atoms with Crippen LogP contribution in [0.3, 0.4) is 0 Å². The van der Waals surface area contributed by atoms with Gasteiger partial charge in [0.25, 0.3) is 0 Å². The first-order chi connectivity index (χ1) is 10.1. The number of benzene rings is 2. The molecule has 0 fully saturated rings. The van der Waals surface area contributed by atoms with Gasteiger partial charge in [0.15, 0.2) is 0 Å². The Morgan fingerprint density at radius 3 is 2.24 bits per heavy atom. The molecule has 0 aliphatic rings. The van der Waals surface area contributed by atoms with Gasteiger partial charge in [0.1, 0.15) is 0 Å². The van der Waals surface area contributed by atoms with Crippen LogP contribution in [0.15, 0.2) is 54.6 Å². The molecule has 3 nitrogen and oxygen atoms in total. The van der Waals surface area contributed by atoms with Gasteiger partial charge >= 0.3 is 0 Å². The first-order valence-electron chi connectivity index (χ1n) is 7.31. The predicted octanol–water partition coefficient (Wildman–Crippen LogP) is 3.94. The standard InChI is InChI=1S/C18H22N2O/c1-14(2)13-19-16-10-8-15(9-11-16)12-18(21)20-17-6-4-3-5-7-17/h3-11,14,19H,12-13H2,1-2H3,(H,20,21). The van der Waals surface area contributed by atoms with Crippen LogP contribution in [0.25, 0.3) is 0 Å². The van der Waals surface area contributed by atoms with Gasteiger partial charge in [-0.05, 0) is 35.7 Å². The van der Waals surface area contributed by atoms with E-state index in [4.69, 9.17) is 0 Å². The van der Waals surface area contributed by atoms with Gasteiger partial charge in [0, 0.05) is 17.9 Å². The van der Waals surface area contributed by atoms with Crippen molar-refractivity contribution >= 4 is 17.3 Å². The number of hydrogen-bond donors (Lipinski definition) is 2. The van der Waals surface area contributed by atoms with Crippen LogP contribution in [0.2, 0.25) is 0 Å². The highest BCUT2D eigenvalue weighted by atomic mass is 16.1. The quantitative estimate of drug-likeness (QED) is 0.842. The highest BCUT2D eigenvalue weighted by molar-refractivity contribution is 5.92. The van der Waals surface area contributed by atoms with Gasteiger partial charge in [-0.15, -0.1) is 0 Å². The number of rotatable bonds is 6. The summed E-state index contributed by atoms with van der Waals surface area (Å²) >= 11 is 0. The minimum absolute atomic E-state index is 0.00379. The lowest BCUT2D eigenvalue weighted by Crippen LogP contribution is -2.14. The smallest absolute Gasteiger partial charge is 0.228 e. The SMILES string of the molecule is CC(C)CNc1ccc(CC(=O)Nc2ccccc2)cc1. The van der Waals surface area contributed by atoms with E-state index in [1.165, 1.54) is 0 Å². The lowest BCUT2D eigenvalue weighted by Gasteiger charge is -2.10. The summed E-state index contributed by atoms with van der Waals surface area (Å²) in [6, 6.07) is 17.5. The number of nitrogens with one attached hydrogen (secondary N) is 2. The number of carbonyl (C=O) groups excluding carboxylic acids is 1. The summed E-state index contributed by atoms with van der Waals surface area (Å²) in [6.45, 7) is 5.30. The molecule has 0 bridgehead atoms. The fourth-order valence-corrected chi connectivity index (χ4v) is 1.97. The van der Waals surface area contributed by atoms with E-state index in [0.29, 0.717) is 12.3 Å². The normalized spacial score (nSPS) is 10.4. The molecule has 1 amide bonds. The molecule has 0 aromatic heterocycles. The molecule has 0 unspecified atom stereocenters. The number of hydrogen-bond acceptors (Lipinski definition) is 2. The van der Waals surface area contributed by atoms with Crippen LogP contribution in [0, 0.1) is 5.92 Å². The van der Waals surface area contributed by atoms with Crippen molar-refractivity contribution in [2.75, 3.05) is 17.2 Å². The molecule has 0 saturated carbocycles. The average Bonchev–Trinajstić information content (AvgIpc) is 2.47. The second kappa shape index (κ2) is 7.48. The molecule has 0 radical (unpaired) electrons. The lowest BCUT2D eigenvalue weighted by atomic mass is 10.1. The second-order valence-corrected chi connectivity index (χ2v) is 5.56. The highest BCUT2D eigenvalue weighted by Crippen LogP contribution is 2.12. The Bertz CT molecular complexity index is 562. The molecular weight excluding hydrogens is 260 g/mol. The van der Waals surface area contributed by atoms with Crippen LogP contribution >= 0.6 is 0 Å². The predicted molar refractivity (Wildman–Crippen MR) is 88.5 cm³/mol. The fraction of sp³-hybridized carbons (Fsp3) is 0.278. The van der Waals surface area contributed by atoms with E-state index in [-0.39, 0.29) is 5.91 Å². The van der Waals surface area contributed by atoms with Crippen molar-refractivity contribution in [1.82, 2.24) is 0 Å². The minimum Gasteiger partial charge on any atom is -0.385 e. The van der Waals surface area contributed by atoms with Crippen molar-refractivity contribution in [3.8, 4) is 0 Å². The lowest BCUT2D eigenvalue weighted by molar-refractivity contribution is -0.115. The van der Waals surface area contributed by atoms with Crippen LogP contribution < -0.4 is 10.6 Å². The molecule has 0 saturated heterocycles. The summed E-state index contributed by atoms with van der Waals surface area (Å²) in [7, 11) is 0. The number of carbonyl (C=O) groups is 1. The number of anilines is 2. The van der Waals surface area contributed by atoms with Crippen molar-refractivity contribution in [3.05, 3.63) is 60.2 Å². The Morgan fingerprint density at radius 1 is 0.952 bits per heavy atom. The van der Waals surface area contributed by atoms with Gasteiger partial charge in [-0.25, -0.2) is 0 Å². The van der Waals surface area contributed by atoms with Gasteiger partial charge < -0.3 is 10.6 Å². The average molecular weight is 282 g/mol. The largest absolute Gasteiger partial charge is 0.385 e. The molecule has 0 aliphatic heterocycles. The molecule has 2 N–H and O–H groups in total. The maximum Gasteiger partial charge on any atom is 0.228 e. The summed E-state index contributed by atoms with van der Waals surface area (Å²) in [5.74, 6) is 0.616. The minimum atomic E-state index is 0.00379. The van der Waals surface area contributed by atoms with Crippen molar-refractivity contribution in [2.45, 2.75) is 20.3 Å². The Balaban J connectivity index is 1.86. The van der Waals surface area contributed by atoms with Crippen LogP contribution in [-0.4, -0.2) is 12.5 Å². The van der Waals surface area contributed by atoms with E-state index in [1.807, 2.05) is 54.6 Å². The Hall–Kier alpha value is -2.29.